The van der Waals surface area contributed by atoms with Crippen LogP contribution in [0.3, 0.4) is 0 Å². The molecule has 7 heteroatoms. The predicted octanol–water partition coefficient (Wildman–Crippen LogP) is 3.18. The van der Waals surface area contributed by atoms with Crippen LogP contribution in [0.25, 0.3) is 0 Å². The first kappa shape index (κ1) is 18.4. The molecule has 0 fully saturated rings. The van der Waals surface area contributed by atoms with Crippen molar-refractivity contribution in [3.05, 3.63) is 50.9 Å². The molecular formula is C17H20ClN3O2S. The quantitative estimate of drug-likeness (QED) is 0.825. The van der Waals surface area contributed by atoms with Gasteiger partial charge in [0.25, 0.3) is 5.91 Å². The average molecular weight is 366 g/mol. The number of benzene rings is 1. The van der Waals surface area contributed by atoms with Crippen molar-refractivity contribution < 1.29 is 9.59 Å². The Hall–Kier alpha value is -1.92. The van der Waals surface area contributed by atoms with Crippen molar-refractivity contribution in [1.82, 2.24) is 15.6 Å². The molecule has 0 aliphatic carbocycles. The maximum atomic E-state index is 12.4. The minimum Gasteiger partial charge on any atom is -0.348 e. The fourth-order valence-electron chi connectivity index (χ4n) is 2.16. The molecule has 1 atom stereocenters. The second-order valence-electron chi connectivity index (χ2n) is 5.78. The van der Waals surface area contributed by atoms with Crippen LogP contribution in [0.2, 0.25) is 5.02 Å². The van der Waals surface area contributed by atoms with Crippen LogP contribution >= 0.6 is 22.9 Å². The Morgan fingerprint density at radius 2 is 2.00 bits per heavy atom. The number of hydrogen-bond acceptors (Lipinski definition) is 4. The lowest BCUT2D eigenvalue weighted by atomic mass is 10.0. The number of carbonyl (C=O) groups is 2. The number of hydrogen-bond donors (Lipinski definition) is 2. The van der Waals surface area contributed by atoms with Crippen LogP contribution in [-0.2, 0) is 11.3 Å². The summed E-state index contributed by atoms with van der Waals surface area (Å²) in [7, 11) is 0. The van der Waals surface area contributed by atoms with E-state index in [2.05, 4.69) is 15.6 Å². The molecule has 0 aliphatic rings. The van der Waals surface area contributed by atoms with Crippen LogP contribution in [0.1, 0.15) is 34.9 Å². The number of carbonyl (C=O) groups excluding carboxylic acids is 2. The molecule has 1 heterocycles. The zero-order valence-corrected chi connectivity index (χ0v) is 15.4. The van der Waals surface area contributed by atoms with Gasteiger partial charge in [0, 0.05) is 11.1 Å². The molecule has 2 aromatic rings. The van der Waals surface area contributed by atoms with Crippen LogP contribution in [-0.4, -0.2) is 22.8 Å². The lowest BCUT2D eigenvalue weighted by molar-refractivity contribution is -0.124. The Kier molecular flexibility index (Phi) is 6.34. The summed E-state index contributed by atoms with van der Waals surface area (Å²) in [5.41, 5.74) is 1.28. The first-order valence-electron chi connectivity index (χ1n) is 7.62. The Balaban J connectivity index is 2.01. The number of nitrogens with one attached hydrogen (secondary N) is 2. The number of aromatic nitrogens is 1. The summed E-state index contributed by atoms with van der Waals surface area (Å²) in [6.45, 7) is 6.01. The van der Waals surface area contributed by atoms with Gasteiger partial charge in [-0.25, -0.2) is 4.98 Å². The molecule has 2 amide bonds. The summed E-state index contributed by atoms with van der Waals surface area (Å²) < 4.78 is 0. The van der Waals surface area contributed by atoms with Crippen LogP contribution in [0.4, 0.5) is 0 Å². The molecule has 0 aliphatic heterocycles. The maximum absolute atomic E-state index is 12.4. The van der Waals surface area contributed by atoms with Crippen molar-refractivity contribution in [3.63, 3.8) is 0 Å². The fourth-order valence-corrected chi connectivity index (χ4v) is 3.09. The predicted molar refractivity (Wildman–Crippen MR) is 96.2 cm³/mol. The van der Waals surface area contributed by atoms with Gasteiger partial charge in [-0.3, -0.25) is 9.59 Å². The summed E-state index contributed by atoms with van der Waals surface area (Å²) >= 11 is 7.53. The fraction of sp³-hybridized carbons (Fsp3) is 0.353. The average Bonchev–Trinajstić information content (AvgIpc) is 2.95. The maximum Gasteiger partial charge on any atom is 0.253 e. The van der Waals surface area contributed by atoms with Gasteiger partial charge in [0.15, 0.2) is 0 Å². The second kappa shape index (κ2) is 8.26. The van der Waals surface area contributed by atoms with E-state index in [0.29, 0.717) is 17.1 Å². The van der Waals surface area contributed by atoms with Crippen LogP contribution < -0.4 is 10.6 Å². The molecular weight excluding hydrogens is 346 g/mol. The van der Waals surface area contributed by atoms with Crippen molar-refractivity contribution in [1.29, 1.82) is 0 Å². The Morgan fingerprint density at radius 1 is 1.29 bits per heavy atom. The molecule has 0 bridgehead atoms. The number of thiazole rings is 1. The summed E-state index contributed by atoms with van der Waals surface area (Å²) in [6.07, 6.45) is 0. The number of halogens is 1. The van der Waals surface area contributed by atoms with E-state index < -0.39 is 6.04 Å². The zero-order chi connectivity index (χ0) is 17.7. The van der Waals surface area contributed by atoms with E-state index in [9.17, 15) is 9.59 Å². The van der Waals surface area contributed by atoms with E-state index in [1.165, 1.54) is 11.3 Å². The van der Waals surface area contributed by atoms with Gasteiger partial charge in [-0.1, -0.05) is 37.6 Å². The highest BCUT2D eigenvalue weighted by molar-refractivity contribution is 7.09. The lowest BCUT2D eigenvalue weighted by Crippen LogP contribution is -2.49. The molecule has 2 N–H and O–H groups in total. The van der Waals surface area contributed by atoms with Gasteiger partial charge in [-0.2, -0.15) is 0 Å². The molecule has 1 aromatic carbocycles. The van der Waals surface area contributed by atoms with Gasteiger partial charge in [0.1, 0.15) is 11.0 Å². The minimum absolute atomic E-state index is 0.0607. The highest BCUT2D eigenvalue weighted by atomic mass is 35.5. The van der Waals surface area contributed by atoms with Crippen molar-refractivity contribution >= 4 is 34.8 Å². The first-order chi connectivity index (χ1) is 11.4. The number of rotatable bonds is 6. The van der Waals surface area contributed by atoms with Crippen molar-refractivity contribution in [2.75, 3.05) is 0 Å². The van der Waals surface area contributed by atoms with Crippen LogP contribution in [0, 0.1) is 12.8 Å². The molecule has 128 valence electrons. The van der Waals surface area contributed by atoms with Crippen molar-refractivity contribution in [3.8, 4) is 0 Å². The van der Waals surface area contributed by atoms with Gasteiger partial charge in [0.2, 0.25) is 5.91 Å². The molecule has 1 unspecified atom stereocenters. The summed E-state index contributed by atoms with van der Waals surface area (Å²) in [5.74, 6) is -0.660. The third-order valence-corrected chi connectivity index (χ3v) is 4.73. The molecule has 24 heavy (non-hydrogen) atoms. The van der Waals surface area contributed by atoms with Gasteiger partial charge in [-0.15, -0.1) is 11.3 Å². The third kappa shape index (κ3) is 4.79. The standard InChI is InChI=1S/C17H20ClN3O2S/c1-10(2)15(17(23)19-8-14-20-11(3)9-24-14)21-16(22)12-6-4-5-7-13(12)18/h4-7,9-10,15H,8H2,1-3H3,(H,19,23)(H,21,22). The van der Waals surface area contributed by atoms with E-state index in [4.69, 9.17) is 11.6 Å². The molecule has 0 radical (unpaired) electrons. The molecule has 1 aromatic heterocycles. The summed E-state index contributed by atoms with van der Waals surface area (Å²) in [5, 5.41) is 8.71. The molecule has 5 nitrogen and oxygen atoms in total. The third-order valence-electron chi connectivity index (χ3n) is 3.43. The molecule has 0 saturated heterocycles. The van der Waals surface area contributed by atoms with E-state index >= 15 is 0 Å². The monoisotopic (exact) mass is 365 g/mol. The number of aryl methyl sites for hydroxylation is 1. The first-order valence-corrected chi connectivity index (χ1v) is 8.88. The largest absolute Gasteiger partial charge is 0.348 e. The Labute approximate surface area is 150 Å². The van der Waals surface area contributed by atoms with Crippen molar-refractivity contribution in [2.45, 2.75) is 33.4 Å². The normalized spacial score (nSPS) is 12.0. The van der Waals surface area contributed by atoms with Gasteiger partial charge >= 0.3 is 0 Å². The van der Waals surface area contributed by atoms with Crippen molar-refractivity contribution in [2.24, 2.45) is 5.92 Å². The number of amides is 2. The highest BCUT2D eigenvalue weighted by Gasteiger charge is 2.25. The second-order valence-corrected chi connectivity index (χ2v) is 7.13. The molecule has 2 rings (SSSR count). The zero-order valence-electron chi connectivity index (χ0n) is 13.8. The van der Waals surface area contributed by atoms with Gasteiger partial charge in [-0.05, 0) is 25.0 Å². The molecule has 0 saturated carbocycles. The summed E-state index contributed by atoms with van der Waals surface area (Å²) in [4.78, 5) is 29.1. The topological polar surface area (TPSA) is 71.1 Å². The summed E-state index contributed by atoms with van der Waals surface area (Å²) in [6, 6.07) is 6.12. The SMILES string of the molecule is Cc1csc(CNC(=O)C(NC(=O)c2ccccc2Cl)C(C)C)n1. The molecule has 0 spiro atoms. The van der Waals surface area contributed by atoms with E-state index in [-0.39, 0.29) is 17.7 Å². The number of nitrogens with zero attached hydrogens (tertiary/aromatic N) is 1. The van der Waals surface area contributed by atoms with Crippen LogP contribution in [0.15, 0.2) is 29.6 Å². The van der Waals surface area contributed by atoms with Gasteiger partial charge < -0.3 is 10.6 Å². The van der Waals surface area contributed by atoms with Gasteiger partial charge in [0.05, 0.1) is 17.1 Å². The van der Waals surface area contributed by atoms with E-state index in [1.54, 1.807) is 24.3 Å². The Morgan fingerprint density at radius 3 is 2.58 bits per heavy atom. The lowest BCUT2D eigenvalue weighted by Gasteiger charge is -2.21. The minimum atomic E-state index is -0.644. The van der Waals surface area contributed by atoms with E-state index in [1.807, 2.05) is 26.2 Å². The smallest absolute Gasteiger partial charge is 0.253 e. The van der Waals surface area contributed by atoms with Crippen LogP contribution in [0.5, 0.6) is 0 Å². The highest BCUT2D eigenvalue weighted by Crippen LogP contribution is 2.15. The van der Waals surface area contributed by atoms with E-state index in [0.717, 1.165) is 10.7 Å². The Bertz CT molecular complexity index is 730.